The van der Waals surface area contributed by atoms with Gasteiger partial charge in [0.2, 0.25) is 0 Å². The van der Waals surface area contributed by atoms with Gasteiger partial charge in [-0.05, 0) is 150 Å². The van der Waals surface area contributed by atoms with Gasteiger partial charge in [-0.2, -0.15) is 0 Å². The van der Waals surface area contributed by atoms with Crippen molar-refractivity contribution in [3.05, 3.63) is 87.8 Å². The molecule has 0 amide bonds. The first-order valence-electron chi connectivity index (χ1n) is 17.8. The number of terminal acetylenes is 1. The molecule has 0 aliphatic heterocycles. The second-order valence-electron chi connectivity index (χ2n) is 15.8. The van der Waals surface area contributed by atoms with E-state index < -0.39 is 17.2 Å². The van der Waals surface area contributed by atoms with Gasteiger partial charge in [0.15, 0.2) is 17.1 Å². The summed E-state index contributed by atoms with van der Waals surface area (Å²) in [5.41, 5.74) is 1.95. The van der Waals surface area contributed by atoms with Crippen LogP contribution in [-0.4, -0.2) is 39.3 Å². The Balaban J connectivity index is 0.000000173. The average Bonchev–Trinajstić information content (AvgIpc) is 3.64. The van der Waals surface area contributed by atoms with Crippen LogP contribution in [0.4, 0.5) is 0 Å². The minimum atomic E-state index is -1.12. The Morgan fingerprint density at radius 1 is 1.02 bits per heavy atom. The van der Waals surface area contributed by atoms with Gasteiger partial charge < -0.3 is 19.1 Å². The molecular weight excluding hydrogens is 650 g/mol. The van der Waals surface area contributed by atoms with E-state index in [1.807, 2.05) is 6.20 Å². The summed E-state index contributed by atoms with van der Waals surface area (Å²) in [7, 11) is 0. The molecule has 0 saturated heterocycles. The Morgan fingerprint density at radius 3 is 2.30 bits per heavy atom. The summed E-state index contributed by atoms with van der Waals surface area (Å²) in [6.45, 7) is 11.6. The van der Waals surface area contributed by atoms with E-state index in [9.17, 15) is 14.7 Å². The van der Waals surface area contributed by atoms with Crippen LogP contribution in [0.5, 0.6) is 5.75 Å². The number of aromatic nitrogens is 1. The fourth-order valence-corrected chi connectivity index (χ4v) is 9.40. The molecular formula is C42H48ClNO6. The molecule has 3 fully saturated rings. The van der Waals surface area contributed by atoms with Gasteiger partial charge in [0.1, 0.15) is 11.4 Å². The van der Waals surface area contributed by atoms with Crippen molar-refractivity contribution in [1.29, 1.82) is 0 Å². The summed E-state index contributed by atoms with van der Waals surface area (Å²) >= 11 is 5.84. The number of rotatable bonds is 6. The van der Waals surface area contributed by atoms with Crippen molar-refractivity contribution >= 4 is 29.4 Å². The molecule has 4 aliphatic rings. The molecule has 3 saturated carbocycles. The molecule has 3 aromatic rings. The zero-order valence-corrected chi connectivity index (χ0v) is 30.7. The molecule has 0 bridgehead atoms. The predicted molar refractivity (Wildman–Crippen MR) is 194 cm³/mol. The van der Waals surface area contributed by atoms with E-state index in [1.54, 1.807) is 81.8 Å². The number of hydrogen-bond donors (Lipinski definition) is 1. The Morgan fingerprint density at radius 2 is 1.66 bits per heavy atom. The van der Waals surface area contributed by atoms with Gasteiger partial charge in [-0.15, -0.1) is 6.42 Å². The first kappa shape index (κ1) is 35.9. The van der Waals surface area contributed by atoms with E-state index >= 15 is 0 Å². The van der Waals surface area contributed by atoms with E-state index in [4.69, 9.17) is 32.0 Å². The molecule has 6 atom stereocenters. The highest BCUT2D eigenvalue weighted by molar-refractivity contribution is 6.30. The number of carbonyl (C=O) groups is 2. The van der Waals surface area contributed by atoms with Crippen LogP contribution in [0, 0.1) is 40.9 Å². The maximum atomic E-state index is 12.4. The van der Waals surface area contributed by atoms with Crippen LogP contribution in [0.1, 0.15) is 107 Å². The summed E-state index contributed by atoms with van der Waals surface area (Å²) < 4.78 is 16.3. The van der Waals surface area contributed by atoms with E-state index in [0.29, 0.717) is 39.7 Å². The molecule has 0 spiro atoms. The Kier molecular flexibility index (Phi) is 9.60. The number of benzene rings is 2. The quantitative estimate of drug-likeness (QED) is 0.156. The minimum absolute atomic E-state index is 0.110. The summed E-state index contributed by atoms with van der Waals surface area (Å²) in [5, 5.41) is 15.7. The molecule has 1 N–H and O–H groups in total. The Labute approximate surface area is 300 Å². The highest BCUT2D eigenvalue weighted by Crippen LogP contribution is 2.67. The number of aliphatic hydroxyl groups is 1. The van der Waals surface area contributed by atoms with Gasteiger partial charge in [-0.25, -0.2) is 4.79 Å². The maximum Gasteiger partial charge on any atom is 0.350 e. The Bertz CT molecular complexity index is 1820. The number of carbonyl (C=O) groups excluding carboxylic acids is 2. The largest absolute Gasteiger partial charge is 0.476 e. The van der Waals surface area contributed by atoms with Crippen molar-refractivity contribution in [3.63, 3.8) is 0 Å². The monoisotopic (exact) mass is 697 g/mol. The lowest BCUT2D eigenvalue weighted by molar-refractivity contribution is -0.163. The third kappa shape index (κ3) is 6.42. The molecule has 6 unspecified atom stereocenters. The molecule has 264 valence electrons. The lowest BCUT2D eigenvalue weighted by atomic mass is 9.46. The van der Waals surface area contributed by atoms with E-state index in [2.05, 4.69) is 31.0 Å². The number of nitrogens with zero attached hydrogens (tertiary/aromatic N) is 1. The highest BCUT2D eigenvalue weighted by Gasteiger charge is 2.63. The zero-order chi connectivity index (χ0) is 36.1. The zero-order valence-electron chi connectivity index (χ0n) is 29.9. The van der Waals surface area contributed by atoms with Crippen LogP contribution in [-0.2, 0) is 16.0 Å². The minimum Gasteiger partial charge on any atom is -0.476 e. The average molecular weight is 698 g/mol. The fraction of sp³-hybridized carbons (Fsp3) is 0.500. The summed E-state index contributed by atoms with van der Waals surface area (Å²) in [4.78, 5) is 24.5. The van der Waals surface area contributed by atoms with Crippen molar-refractivity contribution < 1.29 is 28.7 Å². The predicted octanol–water partition coefficient (Wildman–Crippen LogP) is 8.90. The van der Waals surface area contributed by atoms with Gasteiger partial charge in [-0.3, -0.25) is 4.79 Å². The van der Waals surface area contributed by atoms with Crippen molar-refractivity contribution in [2.75, 3.05) is 0 Å². The lowest BCUT2D eigenvalue weighted by Crippen LogP contribution is -2.54. The molecule has 7 nitrogen and oxygen atoms in total. The van der Waals surface area contributed by atoms with E-state index in [-0.39, 0.29) is 22.7 Å². The molecule has 0 radical (unpaired) electrons. The molecule has 50 heavy (non-hydrogen) atoms. The number of allylic oxidation sites excluding steroid dienone is 1. The van der Waals surface area contributed by atoms with E-state index in [1.165, 1.54) is 12.0 Å². The lowest BCUT2D eigenvalue weighted by Gasteiger charge is -2.58. The van der Waals surface area contributed by atoms with Crippen LogP contribution in [0.2, 0.25) is 5.02 Å². The molecule has 4 aliphatic carbocycles. The third-order valence-corrected chi connectivity index (χ3v) is 12.3. The van der Waals surface area contributed by atoms with Crippen LogP contribution in [0.25, 0.3) is 6.08 Å². The maximum absolute atomic E-state index is 12.4. The number of halogens is 1. The standard InChI is InChI=1S/C22H27NO2.C20H21ClO4/c1-4-22(24)10-8-18-16-6-5-15-11-19-14(13-23-25-19)12-20(15,2)17(16)7-9-21(18,22)3;1-13(2)24-19(23)20(3,4)25-17-11-7-15(8-12-17)18(22)14-5-9-16(21)10-6-14/h1,11,13,16-18,24H,5-10,12H2,2-3H3;5-13H,1-4H3. The smallest absolute Gasteiger partial charge is 0.350 e. The first-order chi connectivity index (χ1) is 23.6. The highest BCUT2D eigenvalue weighted by atomic mass is 35.5. The SMILES string of the molecule is C#CC1(O)CCC2C3CCC4=Cc5oncc5CC4(C)C3CCC21C.CC(C)OC(=O)C(C)(C)Oc1ccc(C(=O)c2ccc(Cl)cc2)cc1. The van der Waals surface area contributed by atoms with Crippen molar-refractivity contribution in [3.8, 4) is 18.1 Å². The second-order valence-corrected chi connectivity index (χ2v) is 16.3. The number of ketones is 1. The Hall–Kier alpha value is -3.86. The van der Waals surface area contributed by atoms with Gasteiger partial charge in [0, 0.05) is 27.1 Å². The third-order valence-electron chi connectivity index (χ3n) is 12.1. The van der Waals surface area contributed by atoms with Crippen molar-refractivity contribution in [1.82, 2.24) is 5.16 Å². The molecule has 2 aromatic carbocycles. The molecule has 1 aromatic heterocycles. The van der Waals surface area contributed by atoms with Crippen LogP contribution in [0.15, 0.2) is 64.8 Å². The number of hydrogen-bond acceptors (Lipinski definition) is 7. The second kappa shape index (κ2) is 13.4. The summed E-state index contributed by atoms with van der Waals surface area (Å²) in [6.07, 6.45) is 17.2. The van der Waals surface area contributed by atoms with Crippen LogP contribution >= 0.6 is 11.6 Å². The summed E-state index contributed by atoms with van der Waals surface area (Å²) in [5.74, 6) is 5.57. The molecule has 7 rings (SSSR count). The first-order valence-corrected chi connectivity index (χ1v) is 18.1. The van der Waals surface area contributed by atoms with Gasteiger partial charge >= 0.3 is 5.97 Å². The molecule has 1 heterocycles. The van der Waals surface area contributed by atoms with Crippen molar-refractivity contribution in [2.24, 2.45) is 28.6 Å². The topological polar surface area (TPSA) is 98.9 Å². The fourth-order valence-electron chi connectivity index (χ4n) is 9.27. The van der Waals surface area contributed by atoms with Crippen molar-refractivity contribution in [2.45, 2.75) is 104 Å². The van der Waals surface area contributed by atoms with Gasteiger partial charge in [-0.1, -0.05) is 42.1 Å². The van der Waals surface area contributed by atoms with Crippen LogP contribution < -0.4 is 4.74 Å². The van der Waals surface area contributed by atoms with Gasteiger partial charge in [0.05, 0.1) is 12.3 Å². The number of ether oxygens (including phenoxy) is 2. The van der Waals surface area contributed by atoms with Gasteiger partial charge in [0.25, 0.3) is 0 Å². The number of fused-ring (bicyclic) bond motifs is 6. The van der Waals surface area contributed by atoms with Crippen LogP contribution in [0.3, 0.4) is 0 Å². The molecule has 8 heteroatoms. The normalized spacial score (nSPS) is 29.5. The number of esters is 1. The summed E-state index contributed by atoms with van der Waals surface area (Å²) in [6, 6.07) is 13.4. The van der Waals surface area contributed by atoms with E-state index in [0.717, 1.165) is 44.3 Å².